The lowest BCUT2D eigenvalue weighted by Crippen LogP contribution is -2.17. The summed E-state index contributed by atoms with van der Waals surface area (Å²) in [6, 6.07) is 70.2. The minimum Gasteiger partial charge on any atom is -0.308 e. The first-order valence-corrected chi connectivity index (χ1v) is 16.4. The van der Waals surface area contributed by atoms with E-state index in [4.69, 9.17) is 0 Å². The normalized spacial score (nSPS) is 11.3. The molecule has 0 bridgehead atoms. The number of fused-ring (bicyclic) bond motifs is 4. The zero-order valence-corrected chi connectivity index (χ0v) is 26.4. The van der Waals surface area contributed by atoms with Crippen LogP contribution in [-0.4, -0.2) is 0 Å². The summed E-state index contributed by atoms with van der Waals surface area (Å²) in [6.07, 6.45) is 0. The highest BCUT2D eigenvalue weighted by molar-refractivity contribution is 5.99. The third kappa shape index (κ3) is 5.01. The minimum atomic E-state index is 1.09. The largest absolute Gasteiger partial charge is 0.308 e. The van der Waals surface area contributed by atoms with Crippen LogP contribution in [0.15, 0.2) is 194 Å². The van der Waals surface area contributed by atoms with E-state index in [2.05, 4.69) is 204 Å². The Morgan fingerprint density at radius 2 is 0.438 bits per heavy atom. The number of nitrogens with zero attached hydrogens (tertiary/aromatic N) is 2. The van der Waals surface area contributed by atoms with Gasteiger partial charge in [0.25, 0.3) is 0 Å². The van der Waals surface area contributed by atoms with Crippen LogP contribution in [0.2, 0.25) is 0 Å². The molecule has 226 valence electrons. The molecule has 0 unspecified atom stereocenters. The van der Waals surface area contributed by atoms with E-state index in [0.717, 1.165) is 34.1 Å². The molecule has 0 spiro atoms. The molecule has 9 aromatic carbocycles. The molecular weight excluding hydrogens is 581 g/mol. The van der Waals surface area contributed by atoms with E-state index in [1.807, 2.05) is 0 Å². The summed E-state index contributed by atoms with van der Waals surface area (Å²) < 4.78 is 0. The van der Waals surface area contributed by atoms with Gasteiger partial charge in [-0.3, -0.25) is 0 Å². The van der Waals surface area contributed by atoms with E-state index in [1.165, 1.54) is 43.1 Å². The van der Waals surface area contributed by atoms with Crippen molar-refractivity contribution in [3.05, 3.63) is 194 Å². The molecule has 0 aliphatic heterocycles. The average Bonchev–Trinajstić information content (AvgIpc) is 3.15. The molecule has 0 aliphatic rings. The van der Waals surface area contributed by atoms with Gasteiger partial charge in [0.15, 0.2) is 0 Å². The Balaban J connectivity index is 1.31. The van der Waals surface area contributed by atoms with Crippen molar-refractivity contribution in [2.24, 2.45) is 0 Å². The SMILES string of the molecule is c1ccc(N(c2ccc3ccccc3c2)c2ccc3ccccc3c2)c(N(c2ccc3ccccc3c2)c2ccc3ccccc3c2)c1. The fourth-order valence-corrected chi connectivity index (χ4v) is 6.96. The van der Waals surface area contributed by atoms with E-state index in [-0.39, 0.29) is 0 Å². The van der Waals surface area contributed by atoms with E-state index < -0.39 is 0 Å². The smallest absolute Gasteiger partial charge is 0.0702 e. The monoisotopic (exact) mass is 612 g/mol. The van der Waals surface area contributed by atoms with Crippen LogP contribution in [0.1, 0.15) is 0 Å². The summed E-state index contributed by atoms with van der Waals surface area (Å²) in [5.41, 5.74) is 6.59. The van der Waals surface area contributed by atoms with Crippen LogP contribution in [0.25, 0.3) is 43.1 Å². The Hall–Kier alpha value is -6.38. The van der Waals surface area contributed by atoms with Crippen molar-refractivity contribution in [3.8, 4) is 0 Å². The van der Waals surface area contributed by atoms with Gasteiger partial charge in [0.2, 0.25) is 0 Å². The summed E-state index contributed by atoms with van der Waals surface area (Å²) in [4.78, 5) is 4.81. The summed E-state index contributed by atoms with van der Waals surface area (Å²) in [5.74, 6) is 0. The molecule has 9 rings (SSSR count). The second-order valence-corrected chi connectivity index (χ2v) is 12.3. The quantitative estimate of drug-likeness (QED) is 0.184. The van der Waals surface area contributed by atoms with Crippen LogP contribution in [0.4, 0.5) is 34.1 Å². The molecule has 2 heteroatoms. The molecule has 9 aromatic rings. The predicted molar refractivity (Wildman–Crippen MR) is 206 cm³/mol. The molecule has 2 nitrogen and oxygen atoms in total. The van der Waals surface area contributed by atoms with Gasteiger partial charge in [-0.1, -0.05) is 133 Å². The molecule has 0 aromatic heterocycles. The van der Waals surface area contributed by atoms with Crippen LogP contribution in [0.3, 0.4) is 0 Å². The maximum absolute atomic E-state index is 2.41. The lowest BCUT2D eigenvalue weighted by molar-refractivity contribution is 1.23. The molecule has 0 atom stereocenters. The van der Waals surface area contributed by atoms with Crippen molar-refractivity contribution in [3.63, 3.8) is 0 Å². The zero-order valence-electron chi connectivity index (χ0n) is 26.4. The van der Waals surface area contributed by atoms with Crippen LogP contribution < -0.4 is 9.80 Å². The highest BCUT2D eigenvalue weighted by Crippen LogP contribution is 2.47. The number of hydrogen-bond donors (Lipinski definition) is 0. The van der Waals surface area contributed by atoms with E-state index in [0.29, 0.717) is 0 Å². The van der Waals surface area contributed by atoms with Crippen molar-refractivity contribution in [2.45, 2.75) is 0 Å². The van der Waals surface area contributed by atoms with Gasteiger partial charge in [-0.2, -0.15) is 0 Å². The maximum Gasteiger partial charge on any atom is 0.0702 e. The summed E-state index contributed by atoms with van der Waals surface area (Å²) in [5, 5.41) is 9.73. The number of anilines is 6. The van der Waals surface area contributed by atoms with Crippen molar-refractivity contribution >= 4 is 77.2 Å². The van der Waals surface area contributed by atoms with Crippen LogP contribution >= 0.6 is 0 Å². The molecule has 0 saturated heterocycles. The lowest BCUT2D eigenvalue weighted by Gasteiger charge is -2.33. The minimum absolute atomic E-state index is 1.09. The second-order valence-electron chi connectivity index (χ2n) is 12.3. The fraction of sp³-hybridized carbons (Fsp3) is 0. The van der Waals surface area contributed by atoms with Crippen molar-refractivity contribution in [1.82, 2.24) is 0 Å². The Labute approximate surface area is 280 Å². The highest BCUT2D eigenvalue weighted by Gasteiger charge is 2.23. The molecule has 0 amide bonds. The molecule has 0 N–H and O–H groups in total. The standard InChI is InChI=1S/C46H32N2/c1-5-15-37-29-41(25-21-33(37)11-1)47(42-26-22-34-12-2-6-16-38(34)30-42)45-19-9-10-20-46(45)48(43-27-23-35-13-3-7-17-39(35)31-43)44-28-24-36-14-4-8-18-40(36)32-44/h1-32H. The first-order chi connectivity index (χ1) is 23.8. The van der Waals surface area contributed by atoms with Gasteiger partial charge >= 0.3 is 0 Å². The van der Waals surface area contributed by atoms with Crippen LogP contribution in [-0.2, 0) is 0 Å². The van der Waals surface area contributed by atoms with Gasteiger partial charge in [-0.15, -0.1) is 0 Å². The van der Waals surface area contributed by atoms with Gasteiger partial charge in [0, 0.05) is 22.7 Å². The maximum atomic E-state index is 2.41. The molecule has 0 radical (unpaired) electrons. The van der Waals surface area contributed by atoms with Crippen LogP contribution in [0.5, 0.6) is 0 Å². The Bertz CT molecular complexity index is 2260. The Kier molecular flexibility index (Phi) is 6.84. The number of rotatable bonds is 6. The number of benzene rings is 9. The summed E-state index contributed by atoms with van der Waals surface area (Å²) in [6.45, 7) is 0. The van der Waals surface area contributed by atoms with Crippen molar-refractivity contribution in [1.29, 1.82) is 0 Å². The first kappa shape index (κ1) is 27.9. The second kappa shape index (κ2) is 11.8. The summed E-state index contributed by atoms with van der Waals surface area (Å²) in [7, 11) is 0. The lowest BCUT2D eigenvalue weighted by atomic mass is 10.0. The highest BCUT2D eigenvalue weighted by atomic mass is 15.2. The van der Waals surface area contributed by atoms with Gasteiger partial charge in [0.1, 0.15) is 0 Å². The van der Waals surface area contributed by atoms with E-state index in [1.54, 1.807) is 0 Å². The molecule has 0 saturated carbocycles. The van der Waals surface area contributed by atoms with Gasteiger partial charge in [0.05, 0.1) is 11.4 Å². The van der Waals surface area contributed by atoms with Gasteiger partial charge in [-0.05, 0) is 104 Å². The zero-order chi connectivity index (χ0) is 31.9. The molecule has 48 heavy (non-hydrogen) atoms. The van der Waals surface area contributed by atoms with Gasteiger partial charge in [-0.25, -0.2) is 0 Å². The van der Waals surface area contributed by atoms with E-state index >= 15 is 0 Å². The summed E-state index contributed by atoms with van der Waals surface area (Å²) >= 11 is 0. The Morgan fingerprint density at radius 1 is 0.208 bits per heavy atom. The average molecular weight is 613 g/mol. The van der Waals surface area contributed by atoms with Crippen molar-refractivity contribution in [2.75, 3.05) is 9.80 Å². The number of hydrogen-bond acceptors (Lipinski definition) is 2. The van der Waals surface area contributed by atoms with Crippen molar-refractivity contribution < 1.29 is 0 Å². The van der Waals surface area contributed by atoms with E-state index in [9.17, 15) is 0 Å². The fourth-order valence-electron chi connectivity index (χ4n) is 6.96. The topological polar surface area (TPSA) is 6.48 Å². The molecule has 0 aliphatic carbocycles. The molecule has 0 heterocycles. The Morgan fingerprint density at radius 3 is 0.708 bits per heavy atom. The van der Waals surface area contributed by atoms with Gasteiger partial charge < -0.3 is 9.80 Å². The first-order valence-electron chi connectivity index (χ1n) is 16.4. The number of para-hydroxylation sites is 2. The third-order valence-corrected chi connectivity index (χ3v) is 9.33. The predicted octanol–water partition coefficient (Wildman–Crippen LogP) is 13.2. The molecule has 0 fully saturated rings. The molecular formula is C46H32N2. The van der Waals surface area contributed by atoms with Crippen LogP contribution in [0, 0.1) is 0 Å². The third-order valence-electron chi connectivity index (χ3n) is 9.33.